The molecule has 0 bridgehead atoms. The highest BCUT2D eigenvalue weighted by Crippen LogP contribution is 2.44. The molecule has 28 heavy (non-hydrogen) atoms. The fourth-order valence-electron chi connectivity index (χ4n) is 3.48. The lowest BCUT2D eigenvalue weighted by Crippen LogP contribution is -2.20. The average Bonchev–Trinajstić information content (AvgIpc) is 3.43. The van der Waals surface area contributed by atoms with Crippen molar-refractivity contribution in [2.24, 2.45) is 5.92 Å². The van der Waals surface area contributed by atoms with E-state index in [1.807, 2.05) is 0 Å². The summed E-state index contributed by atoms with van der Waals surface area (Å²) in [6.07, 6.45) is -0.579. The molecular weight excluding hydrogens is 368 g/mol. The van der Waals surface area contributed by atoms with E-state index >= 15 is 0 Å². The van der Waals surface area contributed by atoms with Crippen LogP contribution in [0.15, 0.2) is 29.1 Å². The molecule has 1 atom stereocenters. The van der Waals surface area contributed by atoms with Crippen LogP contribution in [0.2, 0.25) is 0 Å². The van der Waals surface area contributed by atoms with E-state index in [1.165, 1.54) is 12.1 Å². The van der Waals surface area contributed by atoms with Crippen molar-refractivity contribution in [3.05, 3.63) is 51.4 Å². The van der Waals surface area contributed by atoms with Gasteiger partial charge in [0.2, 0.25) is 5.95 Å². The Morgan fingerprint density at radius 2 is 1.89 bits per heavy atom. The van der Waals surface area contributed by atoms with Gasteiger partial charge in [-0.25, -0.2) is 13.5 Å². The van der Waals surface area contributed by atoms with Crippen molar-refractivity contribution in [1.29, 1.82) is 0 Å². The van der Waals surface area contributed by atoms with Crippen molar-refractivity contribution in [3.63, 3.8) is 0 Å². The van der Waals surface area contributed by atoms with Gasteiger partial charge in [0.05, 0.1) is 12.6 Å². The molecule has 1 aliphatic rings. The van der Waals surface area contributed by atoms with Gasteiger partial charge in [-0.15, -0.1) is 0 Å². The number of hydrogen-bond acceptors (Lipinski definition) is 5. The Morgan fingerprint density at radius 1 is 1.25 bits per heavy atom. The minimum Gasteiger partial charge on any atom is -0.390 e. The molecule has 1 aromatic carbocycles. The molecule has 1 fully saturated rings. The fourth-order valence-corrected chi connectivity index (χ4v) is 3.48. The molecule has 0 amide bonds. The number of aliphatic hydroxyl groups is 1. The van der Waals surface area contributed by atoms with Crippen LogP contribution in [0, 0.1) is 5.92 Å². The second-order valence-electron chi connectivity index (χ2n) is 7.28. The SMILES string of the molecule is CN(C)c1nc2c(c(CO)nn2C(c2ccc(C(F)F)cc2)C2CC2)c(=O)[nH]1. The first-order valence-corrected chi connectivity index (χ1v) is 9.08. The quantitative estimate of drug-likeness (QED) is 0.677. The van der Waals surface area contributed by atoms with Gasteiger partial charge in [0.15, 0.2) is 5.65 Å². The number of H-pyrrole nitrogens is 1. The molecule has 4 rings (SSSR count). The minimum absolute atomic E-state index is 0.0378. The highest BCUT2D eigenvalue weighted by molar-refractivity contribution is 5.78. The number of halogens is 2. The van der Waals surface area contributed by atoms with Crippen LogP contribution in [0.1, 0.15) is 42.1 Å². The molecule has 1 saturated carbocycles. The van der Waals surface area contributed by atoms with Gasteiger partial charge in [-0.1, -0.05) is 24.3 Å². The second kappa shape index (κ2) is 6.97. The molecule has 1 unspecified atom stereocenters. The first kappa shape index (κ1) is 18.5. The summed E-state index contributed by atoms with van der Waals surface area (Å²) in [6.45, 7) is -0.392. The minimum atomic E-state index is -2.53. The molecule has 3 aromatic rings. The summed E-state index contributed by atoms with van der Waals surface area (Å²) in [5, 5.41) is 14.4. The van der Waals surface area contributed by atoms with E-state index < -0.39 is 13.0 Å². The normalized spacial score (nSPS) is 15.4. The summed E-state index contributed by atoms with van der Waals surface area (Å²) in [5.41, 5.74) is 1.06. The lowest BCUT2D eigenvalue weighted by Gasteiger charge is -2.19. The van der Waals surface area contributed by atoms with Crippen molar-refractivity contribution >= 4 is 17.0 Å². The number of nitrogens with zero attached hydrogens (tertiary/aromatic N) is 4. The summed E-state index contributed by atoms with van der Waals surface area (Å²) < 4.78 is 27.5. The Morgan fingerprint density at radius 3 is 2.43 bits per heavy atom. The first-order chi connectivity index (χ1) is 13.4. The molecule has 2 heterocycles. The van der Waals surface area contributed by atoms with Gasteiger partial charge in [0, 0.05) is 19.7 Å². The number of aromatic nitrogens is 4. The van der Waals surface area contributed by atoms with Gasteiger partial charge < -0.3 is 10.0 Å². The van der Waals surface area contributed by atoms with Crippen LogP contribution >= 0.6 is 0 Å². The van der Waals surface area contributed by atoms with Crippen molar-refractivity contribution < 1.29 is 13.9 Å². The van der Waals surface area contributed by atoms with Gasteiger partial charge in [0.25, 0.3) is 12.0 Å². The van der Waals surface area contributed by atoms with Gasteiger partial charge in [-0.05, 0) is 24.3 Å². The van der Waals surface area contributed by atoms with E-state index in [-0.39, 0.29) is 34.2 Å². The van der Waals surface area contributed by atoms with Crippen LogP contribution in [0.3, 0.4) is 0 Å². The standard InChI is InChI=1S/C19H21F2N5O2/c1-25(2)19-22-17-14(18(28)23-19)13(9-27)24-26(17)15(10-3-4-10)11-5-7-12(8-6-11)16(20)21/h5-8,10,15-16,27H,3-4,9H2,1-2H3,(H,22,23,28). The second-order valence-corrected chi connectivity index (χ2v) is 7.28. The number of fused-ring (bicyclic) bond motifs is 1. The molecule has 9 heteroatoms. The fraction of sp³-hybridized carbons (Fsp3) is 0.421. The van der Waals surface area contributed by atoms with E-state index in [1.54, 1.807) is 35.8 Å². The van der Waals surface area contributed by atoms with E-state index in [2.05, 4.69) is 15.1 Å². The maximum absolute atomic E-state index is 12.9. The molecular formula is C19H21F2N5O2. The van der Waals surface area contributed by atoms with Crippen molar-refractivity contribution in [3.8, 4) is 0 Å². The molecule has 0 saturated heterocycles. The molecule has 0 radical (unpaired) electrons. The van der Waals surface area contributed by atoms with Gasteiger partial charge in [-0.3, -0.25) is 9.78 Å². The topological polar surface area (TPSA) is 87.0 Å². The largest absolute Gasteiger partial charge is 0.390 e. The summed E-state index contributed by atoms with van der Waals surface area (Å²) in [6, 6.07) is 5.95. The van der Waals surface area contributed by atoms with Gasteiger partial charge in [-0.2, -0.15) is 10.1 Å². The Labute approximate surface area is 159 Å². The average molecular weight is 389 g/mol. The number of aliphatic hydroxyl groups excluding tert-OH is 1. The summed E-state index contributed by atoms with van der Waals surface area (Å²) >= 11 is 0. The lowest BCUT2D eigenvalue weighted by atomic mass is 10.0. The number of benzene rings is 1. The van der Waals surface area contributed by atoms with Crippen LogP contribution in [0.25, 0.3) is 11.0 Å². The highest BCUT2D eigenvalue weighted by atomic mass is 19.3. The van der Waals surface area contributed by atoms with Crippen LogP contribution < -0.4 is 10.5 Å². The zero-order valence-electron chi connectivity index (χ0n) is 15.6. The zero-order chi connectivity index (χ0) is 20.0. The number of rotatable bonds is 6. The predicted molar refractivity (Wildman–Crippen MR) is 101 cm³/mol. The molecule has 2 N–H and O–H groups in total. The molecule has 2 aromatic heterocycles. The molecule has 0 aliphatic heterocycles. The molecule has 0 spiro atoms. The highest BCUT2D eigenvalue weighted by Gasteiger charge is 2.36. The first-order valence-electron chi connectivity index (χ1n) is 9.08. The third kappa shape index (κ3) is 3.15. The number of aromatic amines is 1. The van der Waals surface area contributed by atoms with Crippen LogP contribution in [-0.2, 0) is 6.61 Å². The number of anilines is 1. The lowest BCUT2D eigenvalue weighted by molar-refractivity contribution is 0.151. The van der Waals surface area contributed by atoms with Crippen molar-refractivity contribution in [2.45, 2.75) is 31.9 Å². The molecule has 7 nitrogen and oxygen atoms in total. The molecule has 148 valence electrons. The van der Waals surface area contributed by atoms with Crippen molar-refractivity contribution in [1.82, 2.24) is 19.7 Å². The van der Waals surface area contributed by atoms with Crippen LogP contribution in [-0.4, -0.2) is 39.0 Å². The zero-order valence-corrected chi connectivity index (χ0v) is 15.6. The monoisotopic (exact) mass is 389 g/mol. The smallest absolute Gasteiger partial charge is 0.263 e. The van der Waals surface area contributed by atoms with Gasteiger partial charge in [0.1, 0.15) is 11.1 Å². The van der Waals surface area contributed by atoms with Crippen LogP contribution in [0.4, 0.5) is 14.7 Å². The summed E-state index contributed by atoms with van der Waals surface area (Å²) in [7, 11) is 3.53. The van der Waals surface area contributed by atoms with E-state index in [4.69, 9.17) is 0 Å². The number of nitrogens with one attached hydrogen (secondary N) is 1. The predicted octanol–water partition coefficient (Wildman–Crippen LogP) is 2.61. The van der Waals surface area contributed by atoms with E-state index in [9.17, 15) is 18.7 Å². The Kier molecular flexibility index (Phi) is 4.62. The number of alkyl halides is 2. The third-order valence-electron chi connectivity index (χ3n) is 5.06. The summed E-state index contributed by atoms with van der Waals surface area (Å²) in [4.78, 5) is 21.5. The Balaban J connectivity index is 1.90. The molecule has 1 aliphatic carbocycles. The Bertz CT molecular complexity index is 1050. The maximum atomic E-state index is 12.9. The van der Waals surface area contributed by atoms with E-state index in [0.29, 0.717) is 11.6 Å². The van der Waals surface area contributed by atoms with Crippen molar-refractivity contribution in [2.75, 3.05) is 19.0 Å². The van der Waals surface area contributed by atoms with Gasteiger partial charge >= 0.3 is 0 Å². The number of hydrogen-bond donors (Lipinski definition) is 2. The van der Waals surface area contributed by atoms with Crippen LogP contribution in [0.5, 0.6) is 0 Å². The third-order valence-corrected chi connectivity index (χ3v) is 5.06. The van der Waals surface area contributed by atoms with E-state index in [0.717, 1.165) is 18.4 Å². The maximum Gasteiger partial charge on any atom is 0.263 e. The Hall–Kier alpha value is -2.81. The summed E-state index contributed by atoms with van der Waals surface area (Å²) in [5.74, 6) is 0.654.